The Hall–Kier alpha value is -4.77. The topological polar surface area (TPSA) is 141 Å². The van der Waals surface area contributed by atoms with Crippen LogP contribution in [0.3, 0.4) is 0 Å². The Morgan fingerprint density at radius 2 is 1.25 bits per heavy atom. The lowest BCUT2D eigenvalue weighted by Gasteiger charge is -2.26. The number of rotatable bonds is 5. The van der Waals surface area contributed by atoms with E-state index in [2.05, 4.69) is 45.6 Å². The maximum atomic E-state index is 13.2. The number of nitrogens with one attached hydrogen (secondary N) is 3. The van der Waals surface area contributed by atoms with E-state index in [0.29, 0.717) is 44.7 Å². The van der Waals surface area contributed by atoms with Crippen LogP contribution in [0.1, 0.15) is 36.8 Å². The zero-order valence-electron chi connectivity index (χ0n) is 25.1. The fourth-order valence-electron chi connectivity index (χ4n) is 5.47. The number of anilines is 1. The molecule has 1 aliphatic carbocycles. The second-order valence-corrected chi connectivity index (χ2v) is 11.7. The van der Waals surface area contributed by atoms with Crippen LogP contribution in [-0.4, -0.2) is 63.8 Å². The van der Waals surface area contributed by atoms with E-state index in [-0.39, 0.29) is 23.2 Å². The minimum absolute atomic E-state index is 0.107. The zero-order chi connectivity index (χ0) is 34.1. The van der Waals surface area contributed by atoms with E-state index in [1.807, 2.05) is 6.26 Å². The summed E-state index contributed by atoms with van der Waals surface area (Å²) in [6.45, 7) is 0. The second kappa shape index (κ2) is 13.4. The summed E-state index contributed by atoms with van der Waals surface area (Å²) in [4.78, 5) is 17.0. The molecular weight excluding hydrogens is 660 g/mol. The summed E-state index contributed by atoms with van der Waals surface area (Å²) >= 11 is 1.36. The molecule has 0 atom stereocenters. The monoisotopic (exact) mass is 687 g/mol. The summed E-state index contributed by atoms with van der Waals surface area (Å²) in [5, 5.41) is 27.1. The lowest BCUT2D eigenvalue weighted by Crippen LogP contribution is -2.28. The number of benzene rings is 2. The smallest absolute Gasteiger partial charge is 0.393 e. The number of hydrogen-bond donors (Lipinski definition) is 4. The molecule has 0 unspecified atom stereocenters. The van der Waals surface area contributed by atoms with Crippen LogP contribution in [0.5, 0.6) is 0 Å². The highest BCUT2D eigenvalue weighted by Crippen LogP contribution is 2.38. The maximum Gasteiger partial charge on any atom is 0.418 e. The normalized spacial score (nSPS) is 16.9. The molecule has 4 heterocycles. The minimum atomic E-state index is -4.48. The first-order valence-corrected chi connectivity index (χ1v) is 15.9. The number of halogens is 6. The fraction of sp³-hybridized carbons (Fsp3) is 0.290. The molecule has 10 nitrogen and oxygen atoms in total. The van der Waals surface area contributed by atoms with Crippen LogP contribution in [0, 0.1) is 0 Å². The van der Waals surface area contributed by atoms with Crippen molar-refractivity contribution in [2.24, 2.45) is 0 Å². The Labute approximate surface area is 272 Å². The van der Waals surface area contributed by atoms with Gasteiger partial charge in [0.15, 0.2) is 5.16 Å². The third-order valence-electron chi connectivity index (χ3n) is 7.79. The average Bonchev–Trinajstić information content (AvgIpc) is 3.70. The molecule has 0 aliphatic heterocycles. The van der Waals surface area contributed by atoms with Crippen LogP contribution in [0.2, 0.25) is 0 Å². The quantitative estimate of drug-likeness (QED) is 0.0823. The molecule has 0 radical (unpaired) electrons. The van der Waals surface area contributed by atoms with Crippen molar-refractivity contribution in [1.82, 2.24) is 40.3 Å². The van der Waals surface area contributed by atoms with E-state index in [0.717, 1.165) is 37.8 Å². The standard InChI is InChI=1S/C18H18F3N5O.C13H9F3N4S/c19-18(20,21)13-3-1-2-12-15(13)25-26-16(12)14-8-9-22-17(24-14)23-10-4-6-11(27)7-5-10;1-21-12-17-6-5-9(18-12)11-7-3-2-4-8(13(14,15)16)10(7)19-20-11/h1-3,8-11,27H,4-7H2,(H,25,26)(H,22,23,24);2-6H,1H3,(H,19,20). The van der Waals surface area contributed by atoms with Crippen molar-refractivity contribution in [1.29, 1.82) is 0 Å². The number of alkyl halides is 6. The first kappa shape index (κ1) is 33.1. The van der Waals surface area contributed by atoms with Gasteiger partial charge < -0.3 is 10.4 Å². The van der Waals surface area contributed by atoms with Gasteiger partial charge in [0, 0.05) is 29.2 Å². The summed E-state index contributed by atoms with van der Waals surface area (Å²) in [7, 11) is 0. The van der Waals surface area contributed by atoms with Gasteiger partial charge in [0.25, 0.3) is 0 Å². The largest absolute Gasteiger partial charge is 0.418 e. The van der Waals surface area contributed by atoms with Crippen molar-refractivity contribution in [2.45, 2.75) is 55.3 Å². The third-order valence-corrected chi connectivity index (χ3v) is 8.36. The highest BCUT2D eigenvalue weighted by molar-refractivity contribution is 7.98. The van der Waals surface area contributed by atoms with Gasteiger partial charge in [-0.3, -0.25) is 10.2 Å². The molecule has 1 aliphatic rings. The minimum Gasteiger partial charge on any atom is -0.393 e. The van der Waals surface area contributed by atoms with Gasteiger partial charge in [-0.2, -0.15) is 36.5 Å². The maximum absolute atomic E-state index is 13.2. The highest BCUT2D eigenvalue weighted by Gasteiger charge is 2.35. The molecule has 0 amide bonds. The zero-order valence-corrected chi connectivity index (χ0v) is 25.9. The summed E-state index contributed by atoms with van der Waals surface area (Å²) in [5.74, 6) is 0.406. The third kappa shape index (κ3) is 7.06. The molecule has 1 fully saturated rings. The lowest BCUT2D eigenvalue weighted by atomic mass is 9.93. The van der Waals surface area contributed by atoms with E-state index in [1.165, 1.54) is 23.9 Å². The molecule has 1 saturated carbocycles. The van der Waals surface area contributed by atoms with Crippen molar-refractivity contribution in [3.63, 3.8) is 0 Å². The van der Waals surface area contributed by atoms with E-state index >= 15 is 0 Å². The number of thioether (sulfide) groups is 1. The predicted molar refractivity (Wildman–Crippen MR) is 168 cm³/mol. The molecular formula is C31H27F6N9OS. The van der Waals surface area contributed by atoms with Gasteiger partial charge in [-0.05, 0) is 56.2 Å². The first-order valence-electron chi connectivity index (χ1n) is 14.7. The number of nitrogens with zero attached hydrogens (tertiary/aromatic N) is 6. The molecule has 4 aromatic heterocycles. The Morgan fingerprint density at radius 1 is 0.729 bits per heavy atom. The molecule has 250 valence electrons. The van der Waals surface area contributed by atoms with Crippen molar-refractivity contribution in [3.8, 4) is 22.8 Å². The predicted octanol–water partition coefficient (Wildman–Crippen LogP) is 7.51. The Morgan fingerprint density at radius 3 is 1.77 bits per heavy atom. The van der Waals surface area contributed by atoms with E-state index in [1.54, 1.807) is 36.7 Å². The molecule has 0 bridgehead atoms. The molecule has 6 aromatic rings. The molecule has 7 rings (SSSR count). The van der Waals surface area contributed by atoms with Gasteiger partial charge in [0.05, 0.1) is 40.0 Å². The Kier molecular flexibility index (Phi) is 9.24. The Balaban J connectivity index is 0.000000173. The van der Waals surface area contributed by atoms with Gasteiger partial charge in [-0.15, -0.1) is 0 Å². The van der Waals surface area contributed by atoms with Crippen molar-refractivity contribution in [3.05, 3.63) is 72.1 Å². The van der Waals surface area contributed by atoms with Gasteiger partial charge in [-0.1, -0.05) is 36.0 Å². The van der Waals surface area contributed by atoms with Crippen molar-refractivity contribution < 1.29 is 31.4 Å². The molecule has 17 heteroatoms. The first-order chi connectivity index (χ1) is 22.9. The van der Waals surface area contributed by atoms with Crippen LogP contribution >= 0.6 is 11.8 Å². The summed E-state index contributed by atoms with van der Waals surface area (Å²) < 4.78 is 78.4. The van der Waals surface area contributed by atoms with E-state index in [4.69, 9.17) is 0 Å². The number of H-pyrrole nitrogens is 2. The van der Waals surface area contributed by atoms with Crippen LogP contribution in [0.25, 0.3) is 44.6 Å². The Bertz CT molecular complexity index is 2040. The van der Waals surface area contributed by atoms with Crippen LogP contribution in [0.4, 0.5) is 32.3 Å². The van der Waals surface area contributed by atoms with Crippen LogP contribution in [0.15, 0.2) is 66.1 Å². The number of para-hydroxylation sites is 2. The summed E-state index contributed by atoms with van der Waals surface area (Å²) in [6, 6.07) is 11.3. The van der Waals surface area contributed by atoms with Gasteiger partial charge in [0.1, 0.15) is 11.0 Å². The number of aromatic nitrogens is 8. The van der Waals surface area contributed by atoms with E-state index < -0.39 is 23.5 Å². The molecule has 4 N–H and O–H groups in total. The van der Waals surface area contributed by atoms with Crippen LogP contribution < -0.4 is 5.32 Å². The average molecular weight is 688 g/mol. The fourth-order valence-corrected chi connectivity index (χ4v) is 5.83. The van der Waals surface area contributed by atoms with Crippen molar-refractivity contribution in [2.75, 3.05) is 11.6 Å². The second-order valence-electron chi connectivity index (χ2n) is 10.9. The molecule has 2 aromatic carbocycles. The number of aliphatic hydroxyl groups is 1. The van der Waals surface area contributed by atoms with E-state index in [9.17, 15) is 31.4 Å². The van der Waals surface area contributed by atoms with Gasteiger partial charge in [0.2, 0.25) is 5.95 Å². The lowest BCUT2D eigenvalue weighted by molar-refractivity contribution is -0.137. The van der Waals surface area contributed by atoms with Crippen molar-refractivity contribution >= 4 is 39.5 Å². The number of aliphatic hydroxyl groups excluding tert-OH is 1. The SMILES string of the molecule is CSc1nccc(-c2[nH]nc3c(C(F)(F)F)cccc23)n1.OC1CCC(Nc2nccc(-c3[nH]nc4c(C(F)(F)F)cccc34)n2)CC1. The molecule has 0 spiro atoms. The number of aromatic amines is 2. The molecule has 48 heavy (non-hydrogen) atoms. The van der Waals surface area contributed by atoms with Gasteiger partial charge in [-0.25, -0.2) is 19.9 Å². The summed E-state index contributed by atoms with van der Waals surface area (Å²) in [5.41, 5.74) is 0.0618. The highest BCUT2D eigenvalue weighted by atomic mass is 32.2. The number of hydrogen-bond acceptors (Lipinski definition) is 9. The van der Waals surface area contributed by atoms with Crippen LogP contribution in [-0.2, 0) is 12.4 Å². The molecule has 0 saturated heterocycles. The number of fused-ring (bicyclic) bond motifs is 2. The van der Waals surface area contributed by atoms with Gasteiger partial charge >= 0.3 is 12.4 Å². The summed E-state index contributed by atoms with van der Waals surface area (Å²) in [6.07, 6.45) is -1.14.